The van der Waals surface area contributed by atoms with Crippen molar-refractivity contribution in [3.05, 3.63) is 42.1 Å². The highest BCUT2D eigenvalue weighted by Gasteiger charge is 2.27. The number of carbonyl (C=O) groups is 2. The molecule has 1 aromatic heterocycles. The van der Waals surface area contributed by atoms with E-state index in [1.807, 2.05) is 11.0 Å². The number of thioether (sulfide) groups is 1. The minimum atomic E-state index is -0.864. The lowest BCUT2D eigenvalue weighted by Gasteiger charge is -2.36. The zero-order valence-electron chi connectivity index (χ0n) is 18.0. The molecule has 0 unspecified atom stereocenters. The molecule has 1 aromatic carbocycles. The monoisotopic (exact) mass is 461 g/mol. The summed E-state index contributed by atoms with van der Waals surface area (Å²) in [7, 11) is 0. The van der Waals surface area contributed by atoms with Crippen molar-refractivity contribution in [2.45, 2.75) is 62.1 Å². The number of anilines is 1. The molecule has 1 fully saturated rings. The molecule has 0 saturated heterocycles. The van der Waals surface area contributed by atoms with Crippen molar-refractivity contribution in [3.8, 4) is 0 Å². The van der Waals surface area contributed by atoms with Gasteiger partial charge in [0.2, 0.25) is 0 Å². The quantitative estimate of drug-likeness (QED) is 0.347. The molecule has 8 heteroatoms. The normalized spacial score (nSPS) is 18.5. The van der Waals surface area contributed by atoms with Gasteiger partial charge in [0.05, 0.1) is 16.2 Å². The van der Waals surface area contributed by atoms with Crippen LogP contribution in [0.5, 0.6) is 0 Å². The number of carbonyl (C=O) groups excluding carboxylic acids is 1. The Kier molecular flexibility index (Phi) is 9.21. The van der Waals surface area contributed by atoms with Crippen molar-refractivity contribution in [1.29, 1.82) is 0 Å². The van der Waals surface area contributed by atoms with Gasteiger partial charge in [-0.05, 0) is 56.4 Å². The van der Waals surface area contributed by atoms with Crippen LogP contribution in [-0.4, -0.2) is 45.3 Å². The van der Waals surface area contributed by atoms with Crippen LogP contribution in [-0.2, 0) is 11.2 Å². The number of aryl methyl sites for hydroxylation is 1. The molecule has 2 N–H and O–H groups in total. The van der Waals surface area contributed by atoms with E-state index >= 15 is 0 Å². The molecule has 0 radical (unpaired) electrons. The molecule has 3 rings (SSSR count). The summed E-state index contributed by atoms with van der Waals surface area (Å²) in [4.78, 5) is 30.1. The third-order valence-corrected chi connectivity index (χ3v) is 7.77. The largest absolute Gasteiger partial charge is 0.481 e. The highest BCUT2D eigenvalue weighted by Crippen LogP contribution is 2.30. The second kappa shape index (κ2) is 12.1. The smallest absolute Gasteiger partial charge is 0.323 e. The van der Waals surface area contributed by atoms with Gasteiger partial charge in [0.25, 0.3) is 0 Å². The Morgan fingerprint density at radius 2 is 1.94 bits per heavy atom. The standard InChI is InChI=1S/C23H31N3O3S2/c1-17-10-12-19(13-11-17)26(14-6-5-9-18-7-3-2-4-8-18)23(29)25-22-24-15-21(31-22)30-16-20(27)28/h2-4,7-8,15,17,19H,5-6,9-14,16H2,1H3,(H,27,28)(H,24,25,29)/t17-,19-. The molecule has 0 aliphatic heterocycles. The summed E-state index contributed by atoms with van der Waals surface area (Å²) in [6.45, 7) is 3.02. The summed E-state index contributed by atoms with van der Waals surface area (Å²) < 4.78 is 0.790. The highest BCUT2D eigenvalue weighted by molar-refractivity contribution is 8.01. The number of hydrogen-bond acceptors (Lipinski definition) is 5. The molecular weight excluding hydrogens is 430 g/mol. The lowest BCUT2D eigenvalue weighted by Crippen LogP contribution is -2.45. The first kappa shape index (κ1) is 23.6. The number of urea groups is 1. The summed E-state index contributed by atoms with van der Waals surface area (Å²) >= 11 is 2.54. The number of nitrogens with zero attached hydrogens (tertiary/aromatic N) is 2. The van der Waals surface area contributed by atoms with Crippen molar-refractivity contribution in [2.24, 2.45) is 5.92 Å². The summed E-state index contributed by atoms with van der Waals surface area (Å²) in [5, 5.41) is 12.3. The molecule has 0 spiro atoms. The number of aliphatic carboxylic acids is 1. The molecule has 1 saturated carbocycles. The minimum absolute atomic E-state index is 0.0105. The maximum Gasteiger partial charge on any atom is 0.323 e. The maximum absolute atomic E-state index is 13.1. The van der Waals surface area contributed by atoms with Crippen LogP contribution in [0.4, 0.5) is 9.93 Å². The van der Waals surface area contributed by atoms with E-state index in [-0.39, 0.29) is 17.8 Å². The van der Waals surface area contributed by atoms with Crippen LogP contribution < -0.4 is 5.32 Å². The minimum Gasteiger partial charge on any atom is -0.481 e. The molecular formula is C23H31N3O3S2. The molecule has 2 aromatic rings. The number of unbranched alkanes of at least 4 members (excludes halogenated alkanes) is 1. The van der Waals surface area contributed by atoms with Gasteiger partial charge in [-0.15, -0.1) is 11.8 Å². The zero-order chi connectivity index (χ0) is 22.1. The highest BCUT2D eigenvalue weighted by atomic mass is 32.2. The summed E-state index contributed by atoms with van der Waals surface area (Å²) in [5.74, 6) is -0.146. The van der Waals surface area contributed by atoms with Crippen molar-refractivity contribution >= 4 is 40.2 Å². The fourth-order valence-electron chi connectivity index (χ4n) is 3.94. The summed E-state index contributed by atoms with van der Waals surface area (Å²) in [5.41, 5.74) is 1.33. The Bertz CT molecular complexity index is 836. The Morgan fingerprint density at radius 3 is 2.65 bits per heavy atom. The van der Waals surface area contributed by atoms with Gasteiger partial charge in [-0.3, -0.25) is 10.1 Å². The lowest BCUT2D eigenvalue weighted by molar-refractivity contribution is -0.133. The molecule has 1 heterocycles. The molecule has 1 aliphatic rings. The number of nitrogens with one attached hydrogen (secondary N) is 1. The number of carboxylic acid groups (broad SMARTS) is 1. The third kappa shape index (κ3) is 7.85. The van der Waals surface area contributed by atoms with Crippen LogP contribution in [0.25, 0.3) is 0 Å². The maximum atomic E-state index is 13.1. The first-order valence-electron chi connectivity index (χ1n) is 10.9. The first-order chi connectivity index (χ1) is 15.0. The number of amides is 2. The van der Waals surface area contributed by atoms with Crippen molar-refractivity contribution in [1.82, 2.24) is 9.88 Å². The zero-order valence-corrected chi connectivity index (χ0v) is 19.6. The van der Waals surface area contributed by atoms with E-state index in [0.29, 0.717) is 5.13 Å². The Hall–Kier alpha value is -2.06. The van der Waals surface area contributed by atoms with Crippen LogP contribution in [0, 0.1) is 5.92 Å². The SMILES string of the molecule is C[C@H]1CC[C@H](N(CCCCc2ccccc2)C(=O)Nc2ncc(SCC(=O)O)s2)CC1. The van der Waals surface area contributed by atoms with Crippen LogP contribution in [0.2, 0.25) is 0 Å². The van der Waals surface area contributed by atoms with E-state index in [2.05, 4.69) is 41.5 Å². The fourth-order valence-corrected chi connectivity index (χ4v) is 5.52. The van der Waals surface area contributed by atoms with E-state index < -0.39 is 5.97 Å². The number of carboxylic acids is 1. The molecule has 168 valence electrons. The Balaban J connectivity index is 1.56. The van der Waals surface area contributed by atoms with Gasteiger partial charge >= 0.3 is 12.0 Å². The third-order valence-electron chi connectivity index (χ3n) is 5.68. The van der Waals surface area contributed by atoms with Crippen molar-refractivity contribution in [3.63, 3.8) is 0 Å². The van der Waals surface area contributed by atoms with E-state index in [4.69, 9.17) is 5.11 Å². The Morgan fingerprint density at radius 1 is 1.19 bits per heavy atom. The predicted molar refractivity (Wildman–Crippen MR) is 127 cm³/mol. The second-order valence-electron chi connectivity index (χ2n) is 8.15. The van der Waals surface area contributed by atoms with E-state index in [1.54, 1.807) is 6.20 Å². The van der Waals surface area contributed by atoms with Gasteiger partial charge in [-0.2, -0.15) is 0 Å². The molecule has 0 bridgehead atoms. The van der Waals surface area contributed by atoms with Crippen LogP contribution >= 0.6 is 23.1 Å². The fraction of sp³-hybridized carbons (Fsp3) is 0.522. The number of thiazole rings is 1. The van der Waals surface area contributed by atoms with Crippen LogP contribution in [0.1, 0.15) is 51.0 Å². The van der Waals surface area contributed by atoms with Gasteiger partial charge < -0.3 is 10.0 Å². The van der Waals surface area contributed by atoms with Gasteiger partial charge in [0.15, 0.2) is 5.13 Å². The second-order valence-corrected chi connectivity index (χ2v) is 10.5. The van der Waals surface area contributed by atoms with E-state index in [1.165, 1.54) is 28.7 Å². The average molecular weight is 462 g/mol. The summed E-state index contributed by atoms with van der Waals surface area (Å²) in [6.07, 6.45) is 9.07. The van der Waals surface area contributed by atoms with Gasteiger partial charge in [0, 0.05) is 12.6 Å². The number of aromatic nitrogens is 1. The molecule has 31 heavy (non-hydrogen) atoms. The number of hydrogen-bond donors (Lipinski definition) is 2. The van der Waals surface area contributed by atoms with E-state index in [9.17, 15) is 9.59 Å². The van der Waals surface area contributed by atoms with E-state index in [0.717, 1.165) is 61.6 Å². The topological polar surface area (TPSA) is 82.5 Å². The van der Waals surface area contributed by atoms with Gasteiger partial charge in [-0.1, -0.05) is 48.6 Å². The predicted octanol–water partition coefficient (Wildman–Crippen LogP) is 5.76. The number of benzene rings is 1. The van der Waals surface area contributed by atoms with Crippen LogP contribution in [0.15, 0.2) is 40.7 Å². The molecule has 1 aliphatic carbocycles. The molecule has 2 amide bonds. The molecule has 0 atom stereocenters. The molecule has 6 nitrogen and oxygen atoms in total. The van der Waals surface area contributed by atoms with Crippen molar-refractivity contribution in [2.75, 3.05) is 17.6 Å². The van der Waals surface area contributed by atoms with Gasteiger partial charge in [0.1, 0.15) is 0 Å². The van der Waals surface area contributed by atoms with Gasteiger partial charge in [-0.25, -0.2) is 9.78 Å². The number of rotatable bonds is 10. The lowest BCUT2D eigenvalue weighted by atomic mass is 9.86. The van der Waals surface area contributed by atoms with Crippen molar-refractivity contribution < 1.29 is 14.7 Å². The average Bonchev–Trinajstić information content (AvgIpc) is 3.21. The first-order valence-corrected chi connectivity index (χ1v) is 12.7. The van der Waals surface area contributed by atoms with Crippen LogP contribution in [0.3, 0.4) is 0 Å². The Labute approximate surface area is 192 Å². The summed E-state index contributed by atoms with van der Waals surface area (Å²) in [6, 6.07) is 10.6.